The number of nitrogens with zero attached hydrogens (tertiary/aromatic N) is 3. The van der Waals surface area contributed by atoms with Crippen molar-refractivity contribution in [1.29, 1.82) is 0 Å². The highest BCUT2D eigenvalue weighted by Crippen LogP contribution is 2.33. The lowest BCUT2D eigenvalue weighted by molar-refractivity contribution is 0.413. The van der Waals surface area contributed by atoms with Crippen molar-refractivity contribution in [1.82, 2.24) is 14.8 Å². The molecule has 2 aromatic carbocycles. The topological polar surface area (TPSA) is 52.0 Å². The standard InChI is InChI=1S/C18H15BrN4O/c1-24-15-4-2-3-13(9-15)17-10-16(12-5-7-14(19)8-6-12)22-18-20-11-21-23(17)18/h2-11,17H,1H3,(H,20,21,22). The Kier molecular flexibility index (Phi) is 3.82. The molecule has 2 heterocycles. The Morgan fingerprint density at radius 2 is 2.00 bits per heavy atom. The van der Waals surface area contributed by atoms with Crippen LogP contribution in [0.5, 0.6) is 5.75 Å². The minimum atomic E-state index is -0.0440. The first-order chi connectivity index (χ1) is 11.7. The highest BCUT2D eigenvalue weighted by molar-refractivity contribution is 9.10. The van der Waals surface area contributed by atoms with Gasteiger partial charge < -0.3 is 10.1 Å². The Balaban J connectivity index is 1.80. The molecule has 1 aliphatic rings. The van der Waals surface area contributed by atoms with E-state index >= 15 is 0 Å². The van der Waals surface area contributed by atoms with Gasteiger partial charge in [0, 0.05) is 10.2 Å². The molecule has 0 saturated carbocycles. The molecule has 3 aromatic rings. The lowest BCUT2D eigenvalue weighted by atomic mass is 10.0. The predicted molar refractivity (Wildman–Crippen MR) is 96.9 cm³/mol. The second kappa shape index (κ2) is 6.13. The van der Waals surface area contributed by atoms with E-state index in [0.717, 1.165) is 33.0 Å². The fourth-order valence-electron chi connectivity index (χ4n) is 2.79. The van der Waals surface area contributed by atoms with Crippen LogP contribution in [0.3, 0.4) is 0 Å². The van der Waals surface area contributed by atoms with Crippen LogP contribution in [0.4, 0.5) is 5.95 Å². The Labute approximate surface area is 148 Å². The van der Waals surface area contributed by atoms with Crippen LogP contribution in [0, 0.1) is 0 Å². The van der Waals surface area contributed by atoms with Gasteiger partial charge in [0.2, 0.25) is 5.95 Å². The number of nitrogens with one attached hydrogen (secondary N) is 1. The summed E-state index contributed by atoms with van der Waals surface area (Å²) in [7, 11) is 1.67. The Bertz CT molecular complexity index is 901. The van der Waals surface area contributed by atoms with Crippen LogP contribution >= 0.6 is 15.9 Å². The molecular weight excluding hydrogens is 368 g/mol. The summed E-state index contributed by atoms with van der Waals surface area (Å²) >= 11 is 3.47. The van der Waals surface area contributed by atoms with E-state index in [-0.39, 0.29) is 6.04 Å². The van der Waals surface area contributed by atoms with Crippen LogP contribution in [0.15, 0.2) is 65.4 Å². The predicted octanol–water partition coefficient (Wildman–Crippen LogP) is 4.11. The summed E-state index contributed by atoms with van der Waals surface area (Å²) in [5.74, 6) is 1.55. The minimum Gasteiger partial charge on any atom is -0.497 e. The first kappa shape index (κ1) is 15.0. The number of methoxy groups -OCH3 is 1. The van der Waals surface area contributed by atoms with Crippen LogP contribution in [-0.2, 0) is 0 Å². The summed E-state index contributed by atoms with van der Waals surface area (Å²) in [5, 5.41) is 7.71. The van der Waals surface area contributed by atoms with E-state index in [0.29, 0.717) is 0 Å². The number of rotatable bonds is 3. The zero-order valence-corrected chi connectivity index (χ0v) is 14.6. The maximum atomic E-state index is 5.35. The second-order valence-electron chi connectivity index (χ2n) is 5.46. The van der Waals surface area contributed by atoms with Gasteiger partial charge in [-0.25, -0.2) is 4.68 Å². The van der Waals surface area contributed by atoms with E-state index in [1.165, 1.54) is 0 Å². The largest absolute Gasteiger partial charge is 0.497 e. The van der Waals surface area contributed by atoms with E-state index in [2.05, 4.69) is 55.6 Å². The van der Waals surface area contributed by atoms with Gasteiger partial charge in [-0.15, -0.1) is 0 Å². The molecule has 24 heavy (non-hydrogen) atoms. The van der Waals surface area contributed by atoms with Gasteiger partial charge in [0.1, 0.15) is 18.1 Å². The number of hydrogen-bond donors (Lipinski definition) is 1. The zero-order valence-electron chi connectivity index (χ0n) is 13.0. The molecule has 1 unspecified atom stereocenters. The number of anilines is 1. The molecule has 0 spiro atoms. The molecule has 0 fully saturated rings. The Morgan fingerprint density at radius 1 is 1.17 bits per heavy atom. The Hall–Kier alpha value is -2.60. The highest BCUT2D eigenvalue weighted by Gasteiger charge is 2.23. The summed E-state index contributed by atoms with van der Waals surface area (Å²) in [4.78, 5) is 4.33. The van der Waals surface area contributed by atoms with Gasteiger partial charge in [0.25, 0.3) is 0 Å². The number of ether oxygens (including phenoxy) is 1. The maximum Gasteiger partial charge on any atom is 0.226 e. The van der Waals surface area contributed by atoms with Crippen LogP contribution < -0.4 is 10.1 Å². The highest BCUT2D eigenvalue weighted by atomic mass is 79.9. The molecule has 6 heteroatoms. The average molecular weight is 383 g/mol. The normalized spacial score (nSPS) is 16.1. The average Bonchev–Trinajstić information content (AvgIpc) is 3.10. The molecule has 1 N–H and O–H groups in total. The molecule has 0 bridgehead atoms. The van der Waals surface area contributed by atoms with Gasteiger partial charge in [-0.1, -0.05) is 40.2 Å². The summed E-state index contributed by atoms with van der Waals surface area (Å²) in [6.45, 7) is 0. The molecular formula is C18H15BrN4O. The smallest absolute Gasteiger partial charge is 0.226 e. The lowest BCUT2D eigenvalue weighted by Gasteiger charge is -2.24. The van der Waals surface area contributed by atoms with Gasteiger partial charge in [-0.2, -0.15) is 10.1 Å². The summed E-state index contributed by atoms with van der Waals surface area (Å²) in [6.07, 6.45) is 3.72. The van der Waals surface area contributed by atoms with E-state index in [1.54, 1.807) is 13.4 Å². The fourth-order valence-corrected chi connectivity index (χ4v) is 3.06. The van der Waals surface area contributed by atoms with Crippen molar-refractivity contribution < 1.29 is 4.74 Å². The second-order valence-corrected chi connectivity index (χ2v) is 6.38. The fraction of sp³-hybridized carbons (Fsp3) is 0.111. The number of halogens is 1. The van der Waals surface area contributed by atoms with E-state index in [4.69, 9.17) is 4.74 Å². The molecule has 1 aromatic heterocycles. The first-order valence-corrected chi connectivity index (χ1v) is 8.32. The third-order valence-electron chi connectivity index (χ3n) is 4.00. The van der Waals surface area contributed by atoms with Gasteiger partial charge >= 0.3 is 0 Å². The van der Waals surface area contributed by atoms with Gasteiger partial charge in [-0.3, -0.25) is 0 Å². The number of aromatic nitrogens is 3. The number of fused-ring (bicyclic) bond motifs is 1. The van der Waals surface area contributed by atoms with Crippen molar-refractivity contribution in [3.05, 3.63) is 76.5 Å². The molecule has 1 atom stereocenters. The monoisotopic (exact) mass is 382 g/mol. The maximum absolute atomic E-state index is 5.35. The van der Waals surface area contributed by atoms with Crippen molar-refractivity contribution >= 4 is 27.6 Å². The van der Waals surface area contributed by atoms with Crippen molar-refractivity contribution in [3.63, 3.8) is 0 Å². The minimum absolute atomic E-state index is 0.0440. The third-order valence-corrected chi connectivity index (χ3v) is 4.53. The summed E-state index contributed by atoms with van der Waals surface area (Å²) in [6, 6.07) is 16.2. The van der Waals surface area contributed by atoms with Crippen molar-refractivity contribution in [2.75, 3.05) is 12.4 Å². The molecule has 0 amide bonds. The SMILES string of the molecule is COc1cccc(C2C=C(c3ccc(Br)cc3)Nc3ncnn32)c1. The van der Waals surface area contributed by atoms with Crippen molar-refractivity contribution in [2.24, 2.45) is 0 Å². The molecule has 120 valence electrons. The van der Waals surface area contributed by atoms with Crippen LogP contribution in [0.1, 0.15) is 17.2 Å². The van der Waals surface area contributed by atoms with E-state index < -0.39 is 0 Å². The van der Waals surface area contributed by atoms with E-state index in [9.17, 15) is 0 Å². The molecule has 0 radical (unpaired) electrons. The molecule has 1 aliphatic heterocycles. The summed E-state index contributed by atoms with van der Waals surface area (Å²) < 4.78 is 8.28. The number of benzene rings is 2. The quantitative estimate of drug-likeness (QED) is 0.740. The first-order valence-electron chi connectivity index (χ1n) is 7.53. The molecule has 0 aliphatic carbocycles. The molecule has 4 rings (SSSR count). The van der Waals surface area contributed by atoms with Crippen LogP contribution in [0.25, 0.3) is 5.70 Å². The van der Waals surface area contributed by atoms with Gasteiger partial charge in [-0.05, 0) is 41.5 Å². The lowest BCUT2D eigenvalue weighted by Crippen LogP contribution is -2.20. The molecule has 0 saturated heterocycles. The van der Waals surface area contributed by atoms with Gasteiger partial charge in [0.15, 0.2) is 0 Å². The zero-order chi connectivity index (χ0) is 16.5. The third kappa shape index (κ3) is 2.69. The number of allylic oxidation sites excluding steroid dienone is 1. The van der Waals surface area contributed by atoms with Crippen molar-refractivity contribution in [2.45, 2.75) is 6.04 Å². The van der Waals surface area contributed by atoms with Gasteiger partial charge in [0.05, 0.1) is 7.11 Å². The molecule has 5 nitrogen and oxygen atoms in total. The van der Waals surface area contributed by atoms with Crippen LogP contribution in [0.2, 0.25) is 0 Å². The summed E-state index contributed by atoms with van der Waals surface area (Å²) in [5.41, 5.74) is 3.20. The van der Waals surface area contributed by atoms with Crippen LogP contribution in [-0.4, -0.2) is 21.9 Å². The van der Waals surface area contributed by atoms with Crippen molar-refractivity contribution in [3.8, 4) is 5.75 Å². The Morgan fingerprint density at radius 3 is 2.79 bits per heavy atom. The number of hydrogen-bond acceptors (Lipinski definition) is 4. The van der Waals surface area contributed by atoms with E-state index in [1.807, 2.05) is 35.0 Å².